The van der Waals surface area contributed by atoms with Gasteiger partial charge in [0.15, 0.2) is 0 Å². The van der Waals surface area contributed by atoms with Crippen molar-refractivity contribution in [2.75, 3.05) is 6.61 Å². The largest absolute Gasteiger partial charge is 0.421 e. The van der Waals surface area contributed by atoms with Crippen LogP contribution in [0.4, 0.5) is 0 Å². The highest BCUT2D eigenvalue weighted by Gasteiger charge is 2.10. The number of halogens is 1. The lowest BCUT2D eigenvalue weighted by Gasteiger charge is -1.96. The monoisotopic (exact) mass is 204 g/mol. The van der Waals surface area contributed by atoms with E-state index in [1.165, 1.54) is 0 Å². The second kappa shape index (κ2) is 5.19. The third-order valence-corrected chi connectivity index (χ3v) is 1.58. The van der Waals surface area contributed by atoms with Crippen LogP contribution < -0.4 is 0 Å². The predicted octanol–water partition coefficient (Wildman–Crippen LogP) is 2.30. The molecular weight excluding hydrogens is 192 g/mol. The summed E-state index contributed by atoms with van der Waals surface area (Å²) in [5.41, 5.74) is 0. The zero-order valence-corrected chi connectivity index (χ0v) is 8.54. The fourth-order valence-electron chi connectivity index (χ4n) is 0.789. The third kappa shape index (κ3) is 3.32. The van der Waals surface area contributed by atoms with Gasteiger partial charge in [-0.1, -0.05) is 6.92 Å². The number of nitrogens with zero attached hydrogens (tertiary/aromatic N) is 2. The first-order valence-corrected chi connectivity index (χ1v) is 4.71. The van der Waals surface area contributed by atoms with Crippen molar-refractivity contribution in [2.45, 2.75) is 32.3 Å². The Morgan fingerprint density at radius 2 is 2.31 bits per heavy atom. The Kier molecular flexibility index (Phi) is 4.18. The third-order valence-electron chi connectivity index (χ3n) is 1.40. The maximum Gasteiger partial charge on any atom is 0.242 e. The first-order chi connectivity index (χ1) is 6.24. The van der Waals surface area contributed by atoms with Gasteiger partial charge >= 0.3 is 0 Å². The summed E-state index contributed by atoms with van der Waals surface area (Å²) in [6.07, 6.45) is 0.979. The minimum absolute atomic E-state index is 0.243. The van der Waals surface area contributed by atoms with E-state index in [9.17, 15) is 0 Å². The summed E-state index contributed by atoms with van der Waals surface area (Å²) in [5, 5.41) is 7.31. The summed E-state index contributed by atoms with van der Waals surface area (Å²) < 4.78 is 10.4. The van der Waals surface area contributed by atoms with E-state index in [0.29, 0.717) is 25.0 Å². The lowest BCUT2D eigenvalue weighted by Crippen LogP contribution is -1.93. The Balaban J connectivity index is 2.40. The van der Waals surface area contributed by atoms with Crippen molar-refractivity contribution in [3.05, 3.63) is 11.8 Å². The topological polar surface area (TPSA) is 48.2 Å². The van der Waals surface area contributed by atoms with E-state index in [0.717, 1.165) is 6.42 Å². The average molecular weight is 205 g/mol. The second-order valence-electron chi connectivity index (χ2n) is 2.70. The van der Waals surface area contributed by atoms with Gasteiger partial charge in [-0.15, -0.1) is 21.8 Å². The van der Waals surface area contributed by atoms with Crippen molar-refractivity contribution >= 4 is 11.6 Å². The molecule has 1 aromatic heterocycles. The van der Waals surface area contributed by atoms with Crippen LogP contribution in [-0.4, -0.2) is 16.8 Å². The quantitative estimate of drug-likeness (QED) is 0.546. The minimum atomic E-state index is -0.243. The number of rotatable bonds is 5. The summed E-state index contributed by atoms with van der Waals surface area (Å²) in [6.45, 7) is 4.89. The van der Waals surface area contributed by atoms with Crippen molar-refractivity contribution in [3.8, 4) is 0 Å². The van der Waals surface area contributed by atoms with Gasteiger partial charge in [-0.05, 0) is 13.3 Å². The molecule has 0 bridgehead atoms. The highest BCUT2D eigenvalue weighted by molar-refractivity contribution is 6.20. The number of hydrogen-bond acceptors (Lipinski definition) is 4. The summed E-state index contributed by atoms with van der Waals surface area (Å²) in [7, 11) is 0. The zero-order chi connectivity index (χ0) is 9.68. The first-order valence-electron chi connectivity index (χ1n) is 4.28. The standard InChI is InChI=1S/C8H13ClN2O2/c1-3-4-12-5-7-10-11-8(13-7)6(2)9/h6H,3-5H2,1-2H3. The molecule has 1 unspecified atom stereocenters. The second-order valence-corrected chi connectivity index (χ2v) is 3.36. The molecule has 0 fully saturated rings. The molecule has 0 aromatic carbocycles. The zero-order valence-electron chi connectivity index (χ0n) is 7.79. The molecule has 1 atom stereocenters. The highest BCUT2D eigenvalue weighted by Crippen LogP contribution is 2.17. The molecule has 1 rings (SSSR count). The minimum Gasteiger partial charge on any atom is -0.421 e. The fourth-order valence-corrected chi connectivity index (χ4v) is 0.878. The van der Waals surface area contributed by atoms with Crippen LogP contribution in [0.5, 0.6) is 0 Å². The van der Waals surface area contributed by atoms with E-state index in [1.807, 2.05) is 6.92 Å². The normalized spacial score (nSPS) is 13.2. The van der Waals surface area contributed by atoms with E-state index in [4.69, 9.17) is 20.8 Å². The smallest absolute Gasteiger partial charge is 0.242 e. The van der Waals surface area contributed by atoms with Gasteiger partial charge in [0.2, 0.25) is 11.8 Å². The van der Waals surface area contributed by atoms with Crippen molar-refractivity contribution in [2.24, 2.45) is 0 Å². The molecule has 0 aliphatic heterocycles. The van der Waals surface area contributed by atoms with Crippen molar-refractivity contribution < 1.29 is 9.15 Å². The molecule has 4 nitrogen and oxygen atoms in total. The molecule has 5 heteroatoms. The van der Waals surface area contributed by atoms with Crippen LogP contribution in [0.15, 0.2) is 4.42 Å². The van der Waals surface area contributed by atoms with Crippen LogP contribution in [0.3, 0.4) is 0 Å². The van der Waals surface area contributed by atoms with Gasteiger partial charge in [0.25, 0.3) is 0 Å². The molecular formula is C8H13ClN2O2. The summed E-state index contributed by atoms with van der Waals surface area (Å²) in [6, 6.07) is 0. The lowest BCUT2D eigenvalue weighted by molar-refractivity contribution is 0.102. The summed E-state index contributed by atoms with van der Waals surface area (Å²) in [4.78, 5) is 0. The Bertz CT molecular complexity index is 250. The molecule has 1 heterocycles. The molecule has 74 valence electrons. The van der Waals surface area contributed by atoms with Crippen LogP contribution >= 0.6 is 11.6 Å². The maximum absolute atomic E-state index is 5.74. The van der Waals surface area contributed by atoms with Gasteiger partial charge in [0, 0.05) is 6.61 Å². The molecule has 0 aliphatic carbocycles. The fraction of sp³-hybridized carbons (Fsp3) is 0.750. The van der Waals surface area contributed by atoms with Crippen molar-refractivity contribution in [1.29, 1.82) is 0 Å². The lowest BCUT2D eigenvalue weighted by atomic mass is 10.5. The van der Waals surface area contributed by atoms with Gasteiger partial charge in [-0.3, -0.25) is 0 Å². The van der Waals surface area contributed by atoms with Gasteiger partial charge in [-0.25, -0.2) is 0 Å². The molecule has 0 spiro atoms. The molecule has 1 aromatic rings. The van der Waals surface area contributed by atoms with Crippen LogP contribution in [0.2, 0.25) is 0 Å². The van der Waals surface area contributed by atoms with Gasteiger partial charge in [0.05, 0.1) is 0 Å². The molecule has 0 saturated heterocycles. The average Bonchev–Trinajstić information content (AvgIpc) is 2.53. The van der Waals surface area contributed by atoms with Crippen molar-refractivity contribution in [3.63, 3.8) is 0 Å². The van der Waals surface area contributed by atoms with Crippen LogP contribution in [-0.2, 0) is 11.3 Å². The van der Waals surface area contributed by atoms with E-state index >= 15 is 0 Å². The number of alkyl halides is 1. The molecule has 0 aliphatic rings. The van der Waals surface area contributed by atoms with Crippen LogP contribution in [0.1, 0.15) is 37.4 Å². The molecule has 0 saturated carbocycles. The summed E-state index contributed by atoms with van der Waals surface area (Å²) >= 11 is 5.74. The Labute approximate surface area is 82.2 Å². The van der Waals surface area contributed by atoms with E-state index in [1.54, 1.807) is 6.92 Å². The summed E-state index contributed by atoms with van der Waals surface area (Å²) in [5.74, 6) is 0.924. The van der Waals surface area contributed by atoms with Gasteiger partial charge < -0.3 is 9.15 Å². The Morgan fingerprint density at radius 1 is 1.54 bits per heavy atom. The molecule has 13 heavy (non-hydrogen) atoms. The predicted molar refractivity (Wildman–Crippen MR) is 48.5 cm³/mol. The molecule has 0 N–H and O–H groups in total. The van der Waals surface area contributed by atoms with Crippen LogP contribution in [0.25, 0.3) is 0 Å². The number of aromatic nitrogens is 2. The first kappa shape index (κ1) is 10.5. The highest BCUT2D eigenvalue weighted by atomic mass is 35.5. The van der Waals surface area contributed by atoms with E-state index < -0.39 is 0 Å². The van der Waals surface area contributed by atoms with Gasteiger partial charge in [0.1, 0.15) is 12.0 Å². The Morgan fingerprint density at radius 3 is 2.85 bits per heavy atom. The van der Waals surface area contributed by atoms with Gasteiger partial charge in [-0.2, -0.15) is 0 Å². The van der Waals surface area contributed by atoms with Crippen molar-refractivity contribution in [1.82, 2.24) is 10.2 Å². The molecule has 0 radical (unpaired) electrons. The molecule has 0 amide bonds. The SMILES string of the molecule is CCCOCc1nnc(C(C)Cl)o1. The number of ether oxygens (including phenoxy) is 1. The Hall–Kier alpha value is -0.610. The van der Waals surface area contributed by atoms with E-state index in [2.05, 4.69) is 10.2 Å². The number of hydrogen-bond donors (Lipinski definition) is 0. The van der Waals surface area contributed by atoms with E-state index in [-0.39, 0.29) is 5.38 Å². The maximum atomic E-state index is 5.74. The van der Waals surface area contributed by atoms with Crippen LogP contribution in [0, 0.1) is 0 Å².